The molecule has 1 saturated carbocycles. The zero-order valence-electron chi connectivity index (χ0n) is 13.7. The molecule has 25 heavy (non-hydrogen) atoms. The number of hydrogen-bond donors (Lipinski definition) is 2. The van der Waals surface area contributed by atoms with Crippen molar-refractivity contribution in [2.45, 2.75) is 31.3 Å². The number of amides is 2. The van der Waals surface area contributed by atoms with Gasteiger partial charge >= 0.3 is 6.03 Å². The molecule has 2 heterocycles. The lowest BCUT2D eigenvalue weighted by atomic mass is 9.76. The Morgan fingerprint density at radius 3 is 2.80 bits per heavy atom. The van der Waals surface area contributed by atoms with Crippen molar-refractivity contribution in [3.05, 3.63) is 71.8 Å². The minimum Gasteiger partial charge on any atom is -0.335 e. The van der Waals surface area contributed by atoms with Gasteiger partial charge in [-0.2, -0.15) is 5.10 Å². The maximum atomic E-state index is 12.9. The summed E-state index contributed by atoms with van der Waals surface area (Å²) in [6, 6.07) is 12.4. The summed E-state index contributed by atoms with van der Waals surface area (Å²) in [5.41, 5.74) is 3.10. The SMILES string of the molecule is O=C(NCc1cnn2ccccc12)NC1CC(c2ccc(F)cc2)C1. The zero-order chi connectivity index (χ0) is 17.2. The van der Waals surface area contributed by atoms with Crippen LogP contribution in [-0.4, -0.2) is 21.7 Å². The monoisotopic (exact) mass is 338 g/mol. The summed E-state index contributed by atoms with van der Waals surface area (Å²) >= 11 is 0. The molecular formula is C19H19FN4O. The molecule has 3 aromatic rings. The first kappa shape index (κ1) is 15.6. The number of benzene rings is 1. The fraction of sp³-hybridized carbons (Fsp3) is 0.263. The lowest BCUT2D eigenvalue weighted by Crippen LogP contribution is -2.47. The molecule has 2 aromatic heterocycles. The molecule has 0 spiro atoms. The van der Waals surface area contributed by atoms with E-state index in [-0.39, 0.29) is 17.9 Å². The van der Waals surface area contributed by atoms with E-state index >= 15 is 0 Å². The molecular weight excluding hydrogens is 319 g/mol. The van der Waals surface area contributed by atoms with Crippen LogP contribution in [0.5, 0.6) is 0 Å². The highest BCUT2D eigenvalue weighted by molar-refractivity contribution is 5.74. The molecule has 1 aromatic carbocycles. The molecule has 0 unspecified atom stereocenters. The number of nitrogens with one attached hydrogen (secondary N) is 2. The first-order valence-electron chi connectivity index (χ1n) is 8.40. The molecule has 1 fully saturated rings. The Labute approximate surface area is 144 Å². The number of urea groups is 1. The fourth-order valence-electron chi connectivity index (χ4n) is 3.28. The van der Waals surface area contributed by atoms with Crippen LogP contribution in [-0.2, 0) is 6.54 Å². The van der Waals surface area contributed by atoms with Crippen molar-refractivity contribution in [1.29, 1.82) is 0 Å². The number of pyridine rings is 1. The summed E-state index contributed by atoms with van der Waals surface area (Å²) in [6.45, 7) is 0.438. The van der Waals surface area contributed by atoms with Crippen LogP contribution in [0.1, 0.15) is 29.9 Å². The predicted molar refractivity (Wildman–Crippen MR) is 92.7 cm³/mol. The minimum atomic E-state index is -0.218. The van der Waals surface area contributed by atoms with Gasteiger partial charge in [0.1, 0.15) is 5.82 Å². The van der Waals surface area contributed by atoms with Crippen molar-refractivity contribution in [3.63, 3.8) is 0 Å². The third-order valence-electron chi connectivity index (χ3n) is 4.76. The van der Waals surface area contributed by atoms with E-state index in [1.54, 1.807) is 10.7 Å². The number of aromatic nitrogens is 2. The van der Waals surface area contributed by atoms with Crippen molar-refractivity contribution < 1.29 is 9.18 Å². The molecule has 1 aliphatic carbocycles. The Balaban J connectivity index is 1.26. The number of carbonyl (C=O) groups excluding carboxylic acids is 1. The van der Waals surface area contributed by atoms with Gasteiger partial charge in [-0.1, -0.05) is 18.2 Å². The van der Waals surface area contributed by atoms with E-state index in [2.05, 4.69) is 15.7 Å². The fourth-order valence-corrected chi connectivity index (χ4v) is 3.28. The highest BCUT2D eigenvalue weighted by atomic mass is 19.1. The number of fused-ring (bicyclic) bond motifs is 1. The second kappa shape index (κ2) is 6.55. The van der Waals surface area contributed by atoms with Gasteiger partial charge < -0.3 is 10.6 Å². The molecule has 1 aliphatic rings. The van der Waals surface area contributed by atoms with Crippen molar-refractivity contribution in [2.75, 3.05) is 0 Å². The van der Waals surface area contributed by atoms with E-state index in [0.29, 0.717) is 12.5 Å². The van der Waals surface area contributed by atoms with Crippen molar-refractivity contribution >= 4 is 11.5 Å². The van der Waals surface area contributed by atoms with Gasteiger partial charge in [0.25, 0.3) is 0 Å². The smallest absolute Gasteiger partial charge is 0.315 e. The first-order chi connectivity index (χ1) is 12.2. The van der Waals surface area contributed by atoms with Crippen LogP contribution in [0.2, 0.25) is 0 Å². The average molecular weight is 338 g/mol. The number of halogens is 1. The molecule has 0 radical (unpaired) electrons. The Bertz CT molecular complexity index is 884. The molecule has 6 heteroatoms. The maximum Gasteiger partial charge on any atom is 0.315 e. The molecule has 0 bridgehead atoms. The topological polar surface area (TPSA) is 58.4 Å². The normalized spacial score (nSPS) is 19.4. The van der Waals surface area contributed by atoms with Crippen LogP contribution in [0.3, 0.4) is 0 Å². The second-order valence-electron chi connectivity index (χ2n) is 6.44. The van der Waals surface area contributed by atoms with E-state index in [4.69, 9.17) is 0 Å². The highest BCUT2D eigenvalue weighted by Gasteiger charge is 2.31. The van der Waals surface area contributed by atoms with Crippen LogP contribution in [0.25, 0.3) is 5.52 Å². The van der Waals surface area contributed by atoms with E-state index < -0.39 is 0 Å². The summed E-state index contributed by atoms with van der Waals surface area (Å²) in [7, 11) is 0. The summed E-state index contributed by atoms with van der Waals surface area (Å²) < 4.78 is 14.7. The van der Waals surface area contributed by atoms with Gasteiger partial charge in [0, 0.05) is 24.3 Å². The Kier molecular flexibility index (Phi) is 4.09. The number of carbonyl (C=O) groups is 1. The number of rotatable bonds is 4. The van der Waals surface area contributed by atoms with Crippen LogP contribution in [0.15, 0.2) is 54.9 Å². The standard InChI is InChI=1S/C19H19FN4O/c20-16-6-4-13(5-7-16)14-9-17(10-14)23-19(25)21-11-15-12-22-24-8-2-1-3-18(15)24/h1-8,12,14,17H,9-11H2,(H2,21,23,25). The molecule has 5 nitrogen and oxygen atoms in total. The minimum absolute atomic E-state index is 0.166. The lowest BCUT2D eigenvalue weighted by molar-refractivity contribution is 0.222. The predicted octanol–water partition coefficient (Wildman–Crippen LogP) is 3.22. The van der Waals surface area contributed by atoms with E-state index in [0.717, 1.165) is 29.5 Å². The Morgan fingerprint density at radius 1 is 1.20 bits per heavy atom. The van der Waals surface area contributed by atoms with Gasteiger partial charge in [-0.3, -0.25) is 0 Å². The molecule has 0 saturated heterocycles. The third-order valence-corrected chi connectivity index (χ3v) is 4.76. The number of hydrogen-bond acceptors (Lipinski definition) is 2. The summed E-state index contributed by atoms with van der Waals surface area (Å²) in [4.78, 5) is 12.1. The van der Waals surface area contributed by atoms with Gasteiger partial charge in [-0.05, 0) is 48.6 Å². The van der Waals surface area contributed by atoms with Crippen LogP contribution in [0, 0.1) is 5.82 Å². The van der Waals surface area contributed by atoms with Gasteiger partial charge in [-0.15, -0.1) is 0 Å². The Morgan fingerprint density at radius 2 is 2.00 bits per heavy atom. The van der Waals surface area contributed by atoms with Crippen molar-refractivity contribution in [2.24, 2.45) is 0 Å². The third kappa shape index (κ3) is 3.33. The molecule has 128 valence electrons. The van der Waals surface area contributed by atoms with E-state index in [1.165, 1.54) is 12.1 Å². The lowest BCUT2D eigenvalue weighted by Gasteiger charge is -2.36. The van der Waals surface area contributed by atoms with Gasteiger partial charge in [-0.25, -0.2) is 13.7 Å². The van der Waals surface area contributed by atoms with Crippen LogP contribution in [0.4, 0.5) is 9.18 Å². The van der Waals surface area contributed by atoms with E-state index in [9.17, 15) is 9.18 Å². The van der Waals surface area contributed by atoms with Crippen LogP contribution < -0.4 is 10.6 Å². The highest BCUT2D eigenvalue weighted by Crippen LogP contribution is 2.36. The van der Waals surface area contributed by atoms with Gasteiger partial charge in [0.2, 0.25) is 0 Å². The molecule has 4 rings (SSSR count). The molecule has 0 aliphatic heterocycles. The maximum absolute atomic E-state index is 12.9. The molecule has 2 amide bonds. The molecule has 0 atom stereocenters. The first-order valence-corrected chi connectivity index (χ1v) is 8.40. The summed E-state index contributed by atoms with van der Waals surface area (Å²) in [5.74, 6) is 0.176. The summed E-state index contributed by atoms with van der Waals surface area (Å²) in [5, 5.41) is 10.1. The zero-order valence-corrected chi connectivity index (χ0v) is 13.7. The summed E-state index contributed by atoms with van der Waals surface area (Å²) in [6.07, 6.45) is 5.41. The van der Waals surface area contributed by atoms with Crippen molar-refractivity contribution in [3.8, 4) is 0 Å². The van der Waals surface area contributed by atoms with Crippen LogP contribution >= 0.6 is 0 Å². The molecule has 2 N–H and O–H groups in total. The number of nitrogens with zero attached hydrogens (tertiary/aromatic N) is 2. The quantitative estimate of drug-likeness (QED) is 0.767. The van der Waals surface area contributed by atoms with Gasteiger partial charge in [0.15, 0.2) is 0 Å². The average Bonchev–Trinajstić information content (AvgIpc) is 3.00. The Hall–Kier alpha value is -2.89. The van der Waals surface area contributed by atoms with Gasteiger partial charge in [0.05, 0.1) is 11.7 Å². The second-order valence-corrected chi connectivity index (χ2v) is 6.44. The van der Waals surface area contributed by atoms with Crippen molar-refractivity contribution in [1.82, 2.24) is 20.2 Å². The van der Waals surface area contributed by atoms with E-state index in [1.807, 2.05) is 36.5 Å². The largest absolute Gasteiger partial charge is 0.335 e.